The van der Waals surface area contributed by atoms with E-state index in [4.69, 9.17) is 15.0 Å². The number of hydrogen-bond acceptors (Lipinski definition) is 3. The lowest BCUT2D eigenvalue weighted by atomic mass is 9.63. The molecular weight excluding hydrogens is 765 g/mol. The molecule has 63 heavy (non-hydrogen) atoms. The van der Waals surface area contributed by atoms with Crippen LogP contribution in [0.25, 0.3) is 105 Å². The van der Waals surface area contributed by atoms with Crippen LogP contribution in [0.4, 0.5) is 0 Å². The summed E-state index contributed by atoms with van der Waals surface area (Å²) in [5, 5.41) is 9.75. The van der Waals surface area contributed by atoms with Crippen molar-refractivity contribution in [3.8, 4) is 51.0 Å². The smallest absolute Gasteiger partial charge is 0.164 e. The minimum absolute atomic E-state index is 0.0674. The van der Waals surface area contributed by atoms with Gasteiger partial charge in [-0.25, -0.2) is 15.0 Å². The van der Waals surface area contributed by atoms with Crippen LogP contribution in [0.15, 0.2) is 182 Å². The molecule has 0 aliphatic heterocycles. The van der Waals surface area contributed by atoms with E-state index in [1.807, 2.05) is 18.2 Å². The predicted octanol–water partition coefficient (Wildman–Crippen LogP) is 15.4. The Hall–Kier alpha value is -7.43. The van der Waals surface area contributed by atoms with Crippen LogP contribution in [0, 0.1) is 0 Å². The summed E-state index contributed by atoms with van der Waals surface area (Å²) in [5.74, 6) is 1.93. The van der Waals surface area contributed by atoms with Crippen molar-refractivity contribution in [3.63, 3.8) is 0 Å². The van der Waals surface area contributed by atoms with E-state index in [-0.39, 0.29) is 10.8 Å². The summed E-state index contributed by atoms with van der Waals surface area (Å²) in [5.41, 5.74) is 11.9. The van der Waals surface area contributed by atoms with E-state index >= 15 is 0 Å². The maximum atomic E-state index is 5.27. The van der Waals surface area contributed by atoms with Gasteiger partial charge in [0.15, 0.2) is 17.5 Å². The standard InChI is InChI=1S/C59H46N4/c1-58(2)32-33-59(3,4)51-36-53-49(35-50(51)58)47-29-28-39-15-10-11-19-44(39)54(47)63(53)52-31-30-48(45-20-12-13-21-46(45)52)57-61-55(40-16-6-5-7-17-40)60-56(62-57)41-25-22-38(23-26-41)43-27-24-37-14-8-9-18-42(37)34-43/h5-31,34-36H,32-33H2,1-4H3. The third-order valence-corrected chi connectivity index (χ3v) is 13.9. The van der Waals surface area contributed by atoms with E-state index in [0.29, 0.717) is 17.5 Å². The molecule has 1 aliphatic carbocycles. The molecule has 0 bridgehead atoms. The Bertz CT molecular complexity index is 3610. The van der Waals surface area contributed by atoms with Crippen LogP contribution in [0.2, 0.25) is 0 Å². The van der Waals surface area contributed by atoms with Gasteiger partial charge in [-0.1, -0.05) is 179 Å². The lowest BCUT2D eigenvalue weighted by Gasteiger charge is -2.42. The van der Waals surface area contributed by atoms with E-state index in [2.05, 4.69) is 196 Å². The molecule has 9 aromatic carbocycles. The molecule has 302 valence electrons. The van der Waals surface area contributed by atoms with Crippen LogP contribution < -0.4 is 0 Å². The van der Waals surface area contributed by atoms with E-state index in [1.54, 1.807) is 0 Å². The SMILES string of the molecule is CC1(C)CCC(C)(C)c2cc3c(cc21)c1ccc2ccccc2c1n3-c1ccc(-c2nc(-c3ccccc3)nc(-c3ccc(-c4ccc5ccccc5c4)cc3)n2)c2ccccc12. The molecule has 12 rings (SSSR count). The van der Waals surface area contributed by atoms with Crippen molar-refractivity contribution >= 4 is 54.1 Å². The monoisotopic (exact) mass is 810 g/mol. The summed E-state index contributed by atoms with van der Waals surface area (Å²) in [7, 11) is 0. The fourth-order valence-corrected chi connectivity index (χ4v) is 10.3. The molecule has 0 atom stereocenters. The van der Waals surface area contributed by atoms with Crippen LogP contribution in [0.3, 0.4) is 0 Å². The molecule has 0 unspecified atom stereocenters. The fourth-order valence-electron chi connectivity index (χ4n) is 10.3. The van der Waals surface area contributed by atoms with Gasteiger partial charge in [0, 0.05) is 38.2 Å². The van der Waals surface area contributed by atoms with Gasteiger partial charge in [0.2, 0.25) is 0 Å². The van der Waals surface area contributed by atoms with Gasteiger partial charge in [-0.2, -0.15) is 0 Å². The van der Waals surface area contributed by atoms with Crippen LogP contribution in [-0.2, 0) is 10.8 Å². The lowest BCUT2D eigenvalue weighted by Crippen LogP contribution is -2.33. The van der Waals surface area contributed by atoms with Gasteiger partial charge in [-0.15, -0.1) is 0 Å². The van der Waals surface area contributed by atoms with Crippen LogP contribution in [0.5, 0.6) is 0 Å². The zero-order valence-corrected chi connectivity index (χ0v) is 36.0. The summed E-state index contributed by atoms with van der Waals surface area (Å²) < 4.78 is 2.54. The molecule has 0 N–H and O–H groups in total. The highest BCUT2D eigenvalue weighted by atomic mass is 15.0. The van der Waals surface area contributed by atoms with Gasteiger partial charge in [0.1, 0.15) is 0 Å². The Morgan fingerprint density at radius 1 is 0.381 bits per heavy atom. The molecule has 1 aliphatic rings. The number of fused-ring (bicyclic) bond motifs is 8. The third-order valence-electron chi connectivity index (χ3n) is 13.9. The molecule has 0 amide bonds. The van der Waals surface area contributed by atoms with Gasteiger partial charge in [-0.3, -0.25) is 0 Å². The van der Waals surface area contributed by atoms with Crippen molar-refractivity contribution in [1.29, 1.82) is 0 Å². The summed E-state index contributed by atoms with van der Waals surface area (Å²) in [6, 6.07) is 65.8. The Labute approximate surface area is 367 Å². The average molecular weight is 811 g/mol. The number of aromatic nitrogens is 4. The molecule has 2 heterocycles. The fraction of sp³-hybridized carbons (Fsp3) is 0.136. The van der Waals surface area contributed by atoms with Gasteiger partial charge >= 0.3 is 0 Å². The highest BCUT2D eigenvalue weighted by Gasteiger charge is 2.38. The Kier molecular flexibility index (Phi) is 8.33. The van der Waals surface area contributed by atoms with Gasteiger partial charge < -0.3 is 4.57 Å². The number of hydrogen-bond donors (Lipinski definition) is 0. The highest BCUT2D eigenvalue weighted by molar-refractivity contribution is 6.20. The number of rotatable bonds is 5. The van der Waals surface area contributed by atoms with Crippen molar-refractivity contribution in [2.75, 3.05) is 0 Å². The van der Waals surface area contributed by atoms with Crippen LogP contribution >= 0.6 is 0 Å². The molecular formula is C59H46N4. The van der Waals surface area contributed by atoms with E-state index < -0.39 is 0 Å². The normalized spacial score (nSPS) is 14.5. The molecule has 0 saturated heterocycles. The maximum absolute atomic E-state index is 5.27. The topological polar surface area (TPSA) is 43.6 Å². The molecule has 0 radical (unpaired) electrons. The first kappa shape index (κ1) is 37.3. The predicted molar refractivity (Wildman–Crippen MR) is 264 cm³/mol. The Morgan fingerprint density at radius 3 is 1.68 bits per heavy atom. The minimum Gasteiger partial charge on any atom is -0.308 e. The summed E-state index contributed by atoms with van der Waals surface area (Å²) in [4.78, 5) is 15.6. The van der Waals surface area contributed by atoms with Crippen molar-refractivity contribution < 1.29 is 0 Å². The zero-order valence-electron chi connectivity index (χ0n) is 36.0. The van der Waals surface area contributed by atoms with Gasteiger partial charge in [0.25, 0.3) is 0 Å². The number of benzene rings is 9. The first-order chi connectivity index (χ1) is 30.7. The second kappa shape index (κ2) is 14.1. The summed E-state index contributed by atoms with van der Waals surface area (Å²) in [6.07, 6.45) is 2.33. The van der Waals surface area contributed by atoms with Crippen molar-refractivity contribution in [3.05, 3.63) is 193 Å². The van der Waals surface area contributed by atoms with Crippen molar-refractivity contribution in [2.45, 2.75) is 51.4 Å². The first-order valence-corrected chi connectivity index (χ1v) is 22.1. The minimum atomic E-state index is 0.0674. The van der Waals surface area contributed by atoms with Crippen LogP contribution in [-0.4, -0.2) is 19.5 Å². The molecule has 0 fully saturated rings. The average Bonchev–Trinajstić information content (AvgIpc) is 3.66. The second-order valence-corrected chi connectivity index (χ2v) is 18.7. The van der Waals surface area contributed by atoms with Gasteiger partial charge in [0.05, 0.1) is 16.7 Å². The summed E-state index contributed by atoms with van der Waals surface area (Å²) >= 11 is 0. The molecule has 4 nitrogen and oxygen atoms in total. The van der Waals surface area contributed by atoms with Crippen molar-refractivity contribution in [1.82, 2.24) is 19.5 Å². The number of nitrogens with zero attached hydrogens (tertiary/aromatic N) is 4. The Balaban J connectivity index is 1.06. The highest BCUT2D eigenvalue weighted by Crippen LogP contribution is 2.49. The first-order valence-electron chi connectivity index (χ1n) is 22.1. The lowest BCUT2D eigenvalue weighted by molar-refractivity contribution is 0.332. The summed E-state index contributed by atoms with van der Waals surface area (Å²) in [6.45, 7) is 9.69. The zero-order chi connectivity index (χ0) is 42.5. The van der Waals surface area contributed by atoms with E-state index in [0.717, 1.165) is 45.1 Å². The molecule has 2 aromatic heterocycles. The second-order valence-electron chi connectivity index (χ2n) is 18.7. The van der Waals surface area contributed by atoms with E-state index in [1.165, 1.54) is 66.5 Å². The molecule has 11 aromatic rings. The quantitative estimate of drug-likeness (QED) is 0.174. The molecule has 0 spiro atoms. The maximum Gasteiger partial charge on any atom is 0.164 e. The molecule has 0 saturated carbocycles. The van der Waals surface area contributed by atoms with E-state index in [9.17, 15) is 0 Å². The largest absolute Gasteiger partial charge is 0.308 e. The Morgan fingerprint density at radius 2 is 0.937 bits per heavy atom. The van der Waals surface area contributed by atoms with Gasteiger partial charge in [-0.05, 0) is 97.8 Å². The molecule has 4 heteroatoms. The van der Waals surface area contributed by atoms with Crippen molar-refractivity contribution in [2.24, 2.45) is 0 Å². The third kappa shape index (κ3) is 6.07. The van der Waals surface area contributed by atoms with Crippen LogP contribution in [0.1, 0.15) is 51.7 Å².